The smallest absolute Gasteiger partial charge is 0.161 e. The minimum atomic E-state index is -0.603. The van der Waals surface area contributed by atoms with Gasteiger partial charge in [0.2, 0.25) is 0 Å². The van der Waals surface area contributed by atoms with E-state index in [9.17, 15) is 5.11 Å². The van der Waals surface area contributed by atoms with Crippen LogP contribution in [-0.4, -0.2) is 59.5 Å². The molecule has 0 fully saturated rings. The highest BCUT2D eigenvalue weighted by molar-refractivity contribution is 5.43. The van der Waals surface area contributed by atoms with Crippen LogP contribution in [0.4, 0.5) is 0 Å². The molecule has 0 aliphatic carbocycles. The maximum Gasteiger partial charge on any atom is 0.161 e. The molecule has 0 saturated heterocycles. The van der Waals surface area contributed by atoms with Crippen LogP contribution in [-0.2, 0) is 19.6 Å². The van der Waals surface area contributed by atoms with Crippen molar-refractivity contribution in [2.75, 3.05) is 33.9 Å². The predicted molar refractivity (Wildman–Crippen MR) is 126 cm³/mol. The fourth-order valence-electron chi connectivity index (χ4n) is 3.57. The van der Waals surface area contributed by atoms with E-state index in [2.05, 4.69) is 31.9 Å². The van der Waals surface area contributed by atoms with E-state index in [0.717, 1.165) is 37.6 Å². The van der Waals surface area contributed by atoms with E-state index in [1.54, 1.807) is 7.11 Å². The van der Waals surface area contributed by atoms with E-state index in [-0.39, 0.29) is 6.61 Å². The second kappa shape index (κ2) is 12.2. The van der Waals surface area contributed by atoms with Crippen LogP contribution in [0.2, 0.25) is 0 Å². The molecule has 1 aromatic heterocycles. The molecule has 7 nitrogen and oxygen atoms in total. The number of ether oxygens (including phenoxy) is 2. The maximum atomic E-state index is 10.5. The van der Waals surface area contributed by atoms with E-state index < -0.39 is 6.10 Å². The zero-order valence-corrected chi connectivity index (χ0v) is 19.2. The van der Waals surface area contributed by atoms with Crippen LogP contribution in [0.15, 0.2) is 60.9 Å². The number of aliphatic hydroxyl groups is 1. The van der Waals surface area contributed by atoms with Crippen LogP contribution in [0.25, 0.3) is 0 Å². The normalized spacial score (nSPS) is 12.2. The second-order valence-corrected chi connectivity index (χ2v) is 7.98. The van der Waals surface area contributed by atoms with Gasteiger partial charge in [-0.15, -0.1) is 0 Å². The molecular formula is C25H34N4O3. The van der Waals surface area contributed by atoms with Crippen LogP contribution >= 0.6 is 0 Å². The minimum absolute atomic E-state index is 0.201. The van der Waals surface area contributed by atoms with Gasteiger partial charge in [0.05, 0.1) is 7.11 Å². The second-order valence-electron chi connectivity index (χ2n) is 7.98. The van der Waals surface area contributed by atoms with Crippen molar-refractivity contribution in [1.82, 2.24) is 19.8 Å². The number of aliphatic hydroxyl groups excluding tert-OH is 1. The number of benzene rings is 2. The Morgan fingerprint density at radius 3 is 2.66 bits per heavy atom. The standard InChI is InChI=1S/C25H34N4O3/c1-20-27-12-14-29(20)13-11-26-16-22-9-10-24(31-3)25(15-22)32-19-23(30)18-28(2)17-21-7-5-4-6-8-21/h4-10,12,14-15,23,26,30H,11,13,16-19H2,1-3H3. The molecule has 0 aliphatic rings. The summed E-state index contributed by atoms with van der Waals surface area (Å²) in [5.41, 5.74) is 2.31. The van der Waals surface area contributed by atoms with Crippen LogP contribution in [0.5, 0.6) is 11.5 Å². The minimum Gasteiger partial charge on any atom is -0.493 e. The van der Waals surface area contributed by atoms with Crippen molar-refractivity contribution < 1.29 is 14.6 Å². The molecule has 32 heavy (non-hydrogen) atoms. The molecule has 0 radical (unpaired) electrons. The van der Waals surface area contributed by atoms with Gasteiger partial charge in [-0.2, -0.15) is 0 Å². The number of aromatic nitrogens is 2. The van der Waals surface area contributed by atoms with Crippen LogP contribution in [0, 0.1) is 6.92 Å². The largest absolute Gasteiger partial charge is 0.493 e. The molecule has 1 heterocycles. The van der Waals surface area contributed by atoms with Crippen molar-refractivity contribution in [2.24, 2.45) is 0 Å². The number of methoxy groups -OCH3 is 1. The van der Waals surface area contributed by atoms with E-state index in [1.165, 1.54) is 5.56 Å². The first-order valence-electron chi connectivity index (χ1n) is 10.9. The molecule has 172 valence electrons. The summed E-state index contributed by atoms with van der Waals surface area (Å²) < 4.78 is 13.5. The molecule has 0 bridgehead atoms. The summed E-state index contributed by atoms with van der Waals surface area (Å²) in [5, 5.41) is 13.9. The third-order valence-electron chi connectivity index (χ3n) is 5.26. The van der Waals surface area contributed by atoms with Crippen molar-refractivity contribution in [2.45, 2.75) is 32.7 Å². The van der Waals surface area contributed by atoms with Crippen molar-refractivity contribution in [3.8, 4) is 11.5 Å². The molecule has 1 atom stereocenters. The Hall–Kier alpha value is -2.87. The van der Waals surface area contributed by atoms with Gasteiger partial charge in [0.1, 0.15) is 18.5 Å². The lowest BCUT2D eigenvalue weighted by Crippen LogP contribution is -2.32. The Morgan fingerprint density at radius 1 is 1.12 bits per heavy atom. The number of imidazole rings is 1. The van der Waals surface area contributed by atoms with Crippen molar-refractivity contribution >= 4 is 0 Å². The Kier molecular flexibility index (Phi) is 9.10. The lowest BCUT2D eigenvalue weighted by molar-refractivity contribution is 0.0732. The number of hydrogen-bond donors (Lipinski definition) is 2. The number of hydrogen-bond acceptors (Lipinski definition) is 6. The van der Waals surface area contributed by atoms with E-state index in [1.807, 2.05) is 62.8 Å². The summed E-state index contributed by atoms with van der Waals surface area (Å²) in [4.78, 5) is 6.32. The van der Waals surface area contributed by atoms with Gasteiger partial charge >= 0.3 is 0 Å². The highest BCUT2D eigenvalue weighted by Crippen LogP contribution is 2.28. The maximum absolute atomic E-state index is 10.5. The molecule has 3 aromatic rings. The number of rotatable bonds is 13. The highest BCUT2D eigenvalue weighted by atomic mass is 16.5. The molecule has 0 spiro atoms. The van der Waals surface area contributed by atoms with Gasteiger partial charge in [0.15, 0.2) is 11.5 Å². The van der Waals surface area contributed by atoms with Crippen LogP contribution < -0.4 is 14.8 Å². The van der Waals surface area contributed by atoms with Crippen LogP contribution in [0.1, 0.15) is 17.0 Å². The first kappa shape index (κ1) is 23.8. The molecule has 7 heteroatoms. The van der Waals surface area contributed by atoms with Gasteiger partial charge in [0.25, 0.3) is 0 Å². The van der Waals surface area contributed by atoms with E-state index >= 15 is 0 Å². The quantitative estimate of drug-likeness (QED) is 0.400. The summed E-state index contributed by atoms with van der Waals surface area (Å²) in [6.45, 7) is 5.93. The molecule has 2 aromatic carbocycles. The van der Waals surface area contributed by atoms with Crippen molar-refractivity contribution in [3.05, 3.63) is 77.9 Å². The fraction of sp³-hybridized carbons (Fsp3) is 0.400. The topological polar surface area (TPSA) is 71.8 Å². The summed E-state index contributed by atoms with van der Waals surface area (Å²) in [7, 11) is 3.62. The molecular weight excluding hydrogens is 404 g/mol. The summed E-state index contributed by atoms with van der Waals surface area (Å²) in [6.07, 6.45) is 3.20. The van der Waals surface area contributed by atoms with Crippen molar-refractivity contribution in [1.29, 1.82) is 0 Å². The van der Waals surface area contributed by atoms with E-state index in [4.69, 9.17) is 9.47 Å². The van der Waals surface area contributed by atoms with E-state index in [0.29, 0.717) is 18.0 Å². The summed E-state index contributed by atoms with van der Waals surface area (Å²) >= 11 is 0. The fourth-order valence-corrected chi connectivity index (χ4v) is 3.57. The third-order valence-corrected chi connectivity index (χ3v) is 5.26. The SMILES string of the molecule is COc1ccc(CNCCn2ccnc2C)cc1OCC(O)CN(C)Cc1ccccc1. The Bertz CT molecular complexity index is 945. The molecule has 2 N–H and O–H groups in total. The number of aryl methyl sites for hydroxylation is 1. The zero-order valence-electron chi connectivity index (χ0n) is 19.2. The molecule has 0 saturated carbocycles. The highest BCUT2D eigenvalue weighted by Gasteiger charge is 2.12. The number of nitrogens with one attached hydrogen (secondary N) is 1. The monoisotopic (exact) mass is 438 g/mol. The zero-order chi connectivity index (χ0) is 22.8. The van der Waals surface area contributed by atoms with Gasteiger partial charge in [-0.05, 0) is 37.2 Å². The summed E-state index contributed by atoms with van der Waals surface area (Å²) in [5.74, 6) is 2.31. The first-order valence-corrected chi connectivity index (χ1v) is 10.9. The van der Waals surface area contributed by atoms with Gasteiger partial charge in [0, 0.05) is 45.1 Å². The molecule has 0 aliphatic heterocycles. The van der Waals surface area contributed by atoms with Gasteiger partial charge < -0.3 is 24.5 Å². The lowest BCUT2D eigenvalue weighted by atomic mass is 10.2. The van der Waals surface area contributed by atoms with Gasteiger partial charge in [-0.3, -0.25) is 4.90 Å². The molecule has 1 unspecified atom stereocenters. The number of nitrogens with zero attached hydrogens (tertiary/aromatic N) is 3. The third kappa shape index (κ3) is 7.37. The van der Waals surface area contributed by atoms with Crippen molar-refractivity contribution in [3.63, 3.8) is 0 Å². The lowest BCUT2D eigenvalue weighted by Gasteiger charge is -2.21. The Labute approximate surface area is 190 Å². The average molecular weight is 439 g/mol. The van der Waals surface area contributed by atoms with Crippen LogP contribution in [0.3, 0.4) is 0 Å². The average Bonchev–Trinajstić information content (AvgIpc) is 3.20. The van der Waals surface area contributed by atoms with Gasteiger partial charge in [-0.25, -0.2) is 4.98 Å². The molecule has 3 rings (SSSR count). The van der Waals surface area contributed by atoms with Gasteiger partial charge in [-0.1, -0.05) is 36.4 Å². The number of likely N-dealkylation sites (N-methyl/N-ethyl adjacent to an activating group) is 1. The molecule has 0 amide bonds. The Morgan fingerprint density at radius 2 is 1.94 bits per heavy atom. The predicted octanol–water partition coefficient (Wildman–Crippen LogP) is 2.86. The first-order chi connectivity index (χ1) is 15.5. The summed E-state index contributed by atoms with van der Waals surface area (Å²) in [6, 6.07) is 16.1. The Balaban J connectivity index is 1.46.